The Kier molecular flexibility index (Phi) is 7.97. The zero-order chi connectivity index (χ0) is 28.2. The molecule has 2 fully saturated rings. The molecule has 0 radical (unpaired) electrons. The second-order valence-electron chi connectivity index (χ2n) is 9.79. The lowest BCUT2D eigenvalue weighted by Crippen LogP contribution is -2.45. The molecule has 1 saturated heterocycles. The first-order valence-electron chi connectivity index (χ1n) is 13.2. The smallest absolute Gasteiger partial charge is 0.412 e. The standard InChI is InChI=1S/C30H27N5O4S2/c36-26(32-23-12-13-23)21-10-8-20(9-11-21)24-17-41-29(33-24)34-27(37)25-18-40-28(22-7-4-14-31-15-22)35(25)30(38)39-16-19-5-2-1-3-6-19/h1-11,14-15,17,23,25,28H,12-13,16,18H2,(H,32,36)(H,33,34,37). The van der Waals surface area contributed by atoms with Crippen LogP contribution in [0.4, 0.5) is 9.93 Å². The average molecular weight is 586 g/mol. The van der Waals surface area contributed by atoms with Crippen molar-refractivity contribution in [2.24, 2.45) is 0 Å². The van der Waals surface area contributed by atoms with E-state index in [9.17, 15) is 14.4 Å². The summed E-state index contributed by atoms with van der Waals surface area (Å²) in [7, 11) is 0. The first kappa shape index (κ1) is 27.0. The van der Waals surface area contributed by atoms with E-state index < -0.39 is 17.5 Å². The van der Waals surface area contributed by atoms with E-state index in [2.05, 4.69) is 20.6 Å². The molecule has 1 saturated carbocycles. The van der Waals surface area contributed by atoms with Crippen LogP contribution < -0.4 is 10.6 Å². The van der Waals surface area contributed by atoms with E-state index in [1.165, 1.54) is 28.0 Å². The Morgan fingerprint density at radius 2 is 1.80 bits per heavy atom. The van der Waals surface area contributed by atoms with Crippen molar-refractivity contribution < 1.29 is 19.1 Å². The number of rotatable bonds is 8. The van der Waals surface area contributed by atoms with Gasteiger partial charge in [-0.15, -0.1) is 23.1 Å². The second-order valence-corrected chi connectivity index (χ2v) is 11.8. The zero-order valence-electron chi connectivity index (χ0n) is 21.9. The van der Waals surface area contributed by atoms with E-state index >= 15 is 0 Å². The number of benzene rings is 2. The van der Waals surface area contributed by atoms with Gasteiger partial charge in [-0.2, -0.15) is 0 Å². The van der Waals surface area contributed by atoms with Gasteiger partial charge in [0.2, 0.25) is 5.91 Å². The van der Waals surface area contributed by atoms with Crippen LogP contribution in [0.3, 0.4) is 0 Å². The van der Waals surface area contributed by atoms with Crippen LogP contribution in [0, 0.1) is 0 Å². The summed E-state index contributed by atoms with van der Waals surface area (Å²) in [6.07, 6.45) is 4.87. The van der Waals surface area contributed by atoms with Crippen molar-refractivity contribution in [3.8, 4) is 11.3 Å². The maximum Gasteiger partial charge on any atom is 0.412 e. The number of carbonyl (C=O) groups is 3. The molecule has 2 aliphatic rings. The third kappa shape index (κ3) is 6.41. The average Bonchev–Trinajstić information content (AvgIpc) is 3.51. The highest BCUT2D eigenvalue weighted by Gasteiger charge is 2.43. The Morgan fingerprint density at radius 1 is 1.00 bits per heavy atom. The first-order chi connectivity index (χ1) is 20.0. The summed E-state index contributed by atoms with van der Waals surface area (Å²) in [4.78, 5) is 49.4. The third-order valence-corrected chi connectivity index (χ3v) is 8.86. The van der Waals surface area contributed by atoms with Gasteiger partial charge in [0.15, 0.2) is 5.13 Å². The molecular weight excluding hydrogens is 558 g/mol. The summed E-state index contributed by atoms with van der Waals surface area (Å²) in [5, 5.41) is 7.73. The number of carbonyl (C=O) groups excluding carboxylic acids is 3. The van der Waals surface area contributed by atoms with Gasteiger partial charge in [-0.05, 0) is 36.6 Å². The SMILES string of the molecule is O=C(NC1CC1)c1ccc(-c2csc(NC(=O)C3CSC(c4cccnc4)N3C(=O)OCc3ccccc3)n2)cc1. The van der Waals surface area contributed by atoms with Gasteiger partial charge < -0.3 is 15.4 Å². The van der Waals surface area contributed by atoms with Gasteiger partial charge in [0.1, 0.15) is 18.0 Å². The zero-order valence-corrected chi connectivity index (χ0v) is 23.6. The lowest BCUT2D eigenvalue weighted by Gasteiger charge is -2.27. The lowest BCUT2D eigenvalue weighted by molar-refractivity contribution is -0.120. The van der Waals surface area contributed by atoms with E-state index in [-0.39, 0.29) is 18.4 Å². The monoisotopic (exact) mass is 585 g/mol. The van der Waals surface area contributed by atoms with E-state index in [0.717, 1.165) is 29.5 Å². The summed E-state index contributed by atoms with van der Waals surface area (Å²) in [6, 6.07) is 19.9. The Labute approximate surface area is 245 Å². The lowest BCUT2D eigenvalue weighted by atomic mass is 10.1. The molecule has 2 aromatic carbocycles. The molecule has 2 unspecified atom stereocenters. The van der Waals surface area contributed by atoms with Crippen molar-refractivity contribution in [3.63, 3.8) is 0 Å². The van der Waals surface area contributed by atoms with Gasteiger partial charge in [-0.3, -0.25) is 19.5 Å². The first-order valence-corrected chi connectivity index (χ1v) is 15.2. The second kappa shape index (κ2) is 12.1. The van der Waals surface area contributed by atoms with Crippen molar-refractivity contribution in [2.45, 2.75) is 36.9 Å². The fourth-order valence-corrected chi connectivity index (χ4v) is 6.57. The van der Waals surface area contributed by atoms with Crippen LogP contribution in [-0.4, -0.2) is 50.6 Å². The normalized spacial score (nSPS) is 18.1. The van der Waals surface area contributed by atoms with Gasteiger partial charge in [-0.1, -0.05) is 48.5 Å². The summed E-state index contributed by atoms with van der Waals surface area (Å²) in [6.45, 7) is 0.103. The molecule has 41 heavy (non-hydrogen) atoms. The number of thioether (sulfide) groups is 1. The molecule has 208 valence electrons. The van der Waals surface area contributed by atoms with Crippen LogP contribution in [0.15, 0.2) is 84.5 Å². The van der Waals surface area contributed by atoms with Crippen LogP contribution in [-0.2, 0) is 16.1 Å². The number of hydrogen-bond acceptors (Lipinski definition) is 8. The molecule has 3 heterocycles. The number of nitrogens with one attached hydrogen (secondary N) is 2. The fraction of sp³-hybridized carbons (Fsp3) is 0.233. The number of hydrogen-bond donors (Lipinski definition) is 2. The Bertz CT molecular complexity index is 1530. The van der Waals surface area contributed by atoms with Crippen LogP contribution >= 0.6 is 23.1 Å². The van der Waals surface area contributed by atoms with Crippen LogP contribution in [0.1, 0.15) is 39.7 Å². The van der Waals surface area contributed by atoms with E-state index in [1.807, 2.05) is 53.9 Å². The number of thiazole rings is 1. The van der Waals surface area contributed by atoms with Crippen LogP contribution in [0.2, 0.25) is 0 Å². The Morgan fingerprint density at radius 3 is 2.54 bits per heavy atom. The molecule has 2 atom stereocenters. The molecule has 6 rings (SSSR count). The number of pyridine rings is 1. The molecule has 9 nitrogen and oxygen atoms in total. The van der Waals surface area contributed by atoms with Gasteiger partial charge in [-0.25, -0.2) is 9.78 Å². The Balaban J connectivity index is 1.14. The summed E-state index contributed by atoms with van der Waals surface area (Å²) in [5.74, 6) is -0.0150. The quantitative estimate of drug-likeness (QED) is 0.281. The maximum atomic E-state index is 13.5. The highest BCUT2D eigenvalue weighted by molar-refractivity contribution is 7.99. The highest BCUT2D eigenvalue weighted by atomic mass is 32.2. The predicted octanol–water partition coefficient (Wildman–Crippen LogP) is 5.49. The van der Waals surface area contributed by atoms with Gasteiger partial charge in [0.05, 0.1) is 5.69 Å². The number of ether oxygens (including phenoxy) is 1. The van der Waals surface area contributed by atoms with Crippen LogP contribution in [0.5, 0.6) is 0 Å². The molecule has 3 amide bonds. The summed E-state index contributed by atoms with van der Waals surface area (Å²) < 4.78 is 5.64. The number of amides is 3. The molecule has 1 aliphatic carbocycles. The third-order valence-electron chi connectivity index (χ3n) is 6.78. The topological polar surface area (TPSA) is 114 Å². The molecule has 0 spiro atoms. The van der Waals surface area contributed by atoms with Crippen molar-refractivity contribution >= 4 is 46.1 Å². The molecule has 4 aromatic rings. The summed E-state index contributed by atoms with van der Waals surface area (Å²) >= 11 is 2.79. The van der Waals surface area contributed by atoms with E-state index in [1.54, 1.807) is 30.6 Å². The fourth-order valence-electron chi connectivity index (χ4n) is 4.45. The summed E-state index contributed by atoms with van der Waals surface area (Å²) in [5.41, 5.74) is 3.80. The van der Waals surface area contributed by atoms with Gasteiger partial charge in [0, 0.05) is 46.3 Å². The minimum atomic E-state index is -0.759. The molecule has 11 heteroatoms. The van der Waals surface area contributed by atoms with Crippen molar-refractivity contribution in [1.82, 2.24) is 20.2 Å². The molecule has 0 bridgehead atoms. The molecule has 2 aromatic heterocycles. The maximum absolute atomic E-state index is 13.5. The highest BCUT2D eigenvalue weighted by Crippen LogP contribution is 2.42. The van der Waals surface area contributed by atoms with E-state index in [0.29, 0.717) is 28.2 Å². The minimum Gasteiger partial charge on any atom is -0.444 e. The molecule has 1 aliphatic heterocycles. The van der Waals surface area contributed by atoms with Gasteiger partial charge >= 0.3 is 6.09 Å². The van der Waals surface area contributed by atoms with Crippen molar-refractivity contribution in [1.29, 1.82) is 0 Å². The van der Waals surface area contributed by atoms with Crippen molar-refractivity contribution in [2.75, 3.05) is 11.1 Å². The van der Waals surface area contributed by atoms with E-state index in [4.69, 9.17) is 4.74 Å². The van der Waals surface area contributed by atoms with Crippen molar-refractivity contribution in [3.05, 3.63) is 101 Å². The number of nitrogens with zero attached hydrogens (tertiary/aromatic N) is 3. The Hall–Kier alpha value is -4.22. The minimum absolute atomic E-state index is 0.0730. The number of aromatic nitrogens is 2. The number of anilines is 1. The molecular formula is C30H27N5O4S2. The largest absolute Gasteiger partial charge is 0.444 e. The van der Waals surface area contributed by atoms with Gasteiger partial charge in [0.25, 0.3) is 5.91 Å². The van der Waals surface area contributed by atoms with Crippen LogP contribution in [0.25, 0.3) is 11.3 Å². The predicted molar refractivity (Wildman–Crippen MR) is 158 cm³/mol. The molecule has 2 N–H and O–H groups in total.